The van der Waals surface area contributed by atoms with Crippen molar-refractivity contribution in [3.8, 4) is 0 Å². The smallest absolute Gasteiger partial charge is 0.304 e. The number of carbonyl (C=O) groups is 2. The Balaban J connectivity index is 2.01. The van der Waals surface area contributed by atoms with Gasteiger partial charge in [0.15, 0.2) is 11.6 Å². The third kappa shape index (κ3) is 3.46. The number of carboxylic acid groups (broad SMARTS) is 1. The minimum atomic E-state index is -1.00. The zero-order valence-electron chi connectivity index (χ0n) is 10.9. The van der Waals surface area contributed by atoms with Gasteiger partial charge in [-0.05, 0) is 10.4 Å². The van der Waals surface area contributed by atoms with Crippen LogP contribution in [0.3, 0.4) is 0 Å². The predicted molar refractivity (Wildman–Crippen MR) is 65.6 cm³/mol. The van der Waals surface area contributed by atoms with E-state index in [0.717, 1.165) is 0 Å². The van der Waals surface area contributed by atoms with Crippen molar-refractivity contribution >= 4 is 11.8 Å². The van der Waals surface area contributed by atoms with Gasteiger partial charge in [-0.15, -0.1) is 5.10 Å². The fourth-order valence-corrected chi connectivity index (χ4v) is 1.70. The number of nitrogens with zero attached hydrogens (tertiary/aromatic N) is 5. The molecule has 0 radical (unpaired) electrons. The highest BCUT2D eigenvalue weighted by Gasteiger charge is 2.19. The zero-order valence-corrected chi connectivity index (χ0v) is 10.9. The van der Waals surface area contributed by atoms with Crippen molar-refractivity contribution < 1.29 is 14.7 Å². The summed E-state index contributed by atoms with van der Waals surface area (Å²) in [7, 11) is 0. The van der Waals surface area contributed by atoms with Gasteiger partial charge in [0, 0.05) is 18.3 Å². The first-order chi connectivity index (χ1) is 9.56. The molecule has 2 heterocycles. The molecule has 1 atom stereocenters. The number of aromatic nitrogens is 6. The Morgan fingerprint density at radius 3 is 2.95 bits per heavy atom. The van der Waals surface area contributed by atoms with E-state index < -0.39 is 11.9 Å². The van der Waals surface area contributed by atoms with Crippen molar-refractivity contribution in [3.63, 3.8) is 0 Å². The lowest BCUT2D eigenvalue weighted by molar-refractivity contribution is -0.140. The van der Waals surface area contributed by atoms with Crippen LogP contribution in [-0.4, -0.2) is 47.0 Å². The predicted octanol–water partition coefficient (Wildman–Crippen LogP) is -0.333. The second kappa shape index (κ2) is 6.04. The first kappa shape index (κ1) is 13.8. The van der Waals surface area contributed by atoms with Crippen LogP contribution in [-0.2, 0) is 22.6 Å². The number of aromatic amines is 1. The molecular formula is C11H14N6O3. The van der Waals surface area contributed by atoms with Crippen LogP contribution in [0.2, 0.25) is 0 Å². The summed E-state index contributed by atoms with van der Waals surface area (Å²) in [5.74, 6) is -0.616. The van der Waals surface area contributed by atoms with Gasteiger partial charge in [-0.1, -0.05) is 6.92 Å². The number of carbonyl (C=O) groups excluding carboxylic acids is 1. The molecular weight excluding hydrogens is 264 g/mol. The lowest BCUT2D eigenvalue weighted by atomic mass is 10.0. The number of aliphatic carboxylic acids is 1. The molecule has 0 saturated heterocycles. The van der Waals surface area contributed by atoms with Crippen molar-refractivity contribution in [1.82, 2.24) is 30.2 Å². The van der Waals surface area contributed by atoms with E-state index in [1.165, 1.54) is 4.68 Å². The van der Waals surface area contributed by atoms with Crippen molar-refractivity contribution in [2.45, 2.75) is 26.3 Å². The number of hydrogen-bond donors (Lipinski definition) is 2. The molecule has 0 aromatic carbocycles. The van der Waals surface area contributed by atoms with Gasteiger partial charge in [0.25, 0.3) is 0 Å². The average Bonchev–Trinajstić information content (AvgIpc) is 3.01. The number of H-pyrrole nitrogens is 1. The van der Waals surface area contributed by atoms with E-state index in [1.807, 2.05) is 0 Å². The summed E-state index contributed by atoms with van der Waals surface area (Å²) < 4.78 is 1.36. The number of imidazole rings is 1. The SMILES string of the molecule is CC(CC(=O)O)C(=O)Cn1nnnc1Cc1ncc[nH]1. The molecule has 2 aromatic heterocycles. The molecule has 0 saturated carbocycles. The van der Waals surface area contributed by atoms with E-state index in [0.29, 0.717) is 18.1 Å². The molecule has 0 amide bonds. The normalized spacial score (nSPS) is 12.2. The monoisotopic (exact) mass is 278 g/mol. The lowest BCUT2D eigenvalue weighted by Crippen LogP contribution is -2.22. The van der Waals surface area contributed by atoms with E-state index in [9.17, 15) is 9.59 Å². The van der Waals surface area contributed by atoms with Gasteiger partial charge in [0.2, 0.25) is 0 Å². The van der Waals surface area contributed by atoms with E-state index in [-0.39, 0.29) is 18.7 Å². The van der Waals surface area contributed by atoms with Gasteiger partial charge in [0.1, 0.15) is 12.4 Å². The van der Waals surface area contributed by atoms with Gasteiger partial charge < -0.3 is 10.1 Å². The number of ketones is 1. The molecule has 2 N–H and O–H groups in total. The van der Waals surface area contributed by atoms with Crippen LogP contribution in [0.15, 0.2) is 12.4 Å². The maximum absolute atomic E-state index is 11.9. The van der Waals surface area contributed by atoms with E-state index in [1.54, 1.807) is 19.3 Å². The van der Waals surface area contributed by atoms with Gasteiger partial charge >= 0.3 is 5.97 Å². The van der Waals surface area contributed by atoms with Crippen molar-refractivity contribution in [2.24, 2.45) is 5.92 Å². The highest BCUT2D eigenvalue weighted by molar-refractivity contribution is 5.84. The molecule has 0 spiro atoms. The largest absolute Gasteiger partial charge is 0.481 e. The first-order valence-electron chi connectivity index (χ1n) is 6.04. The molecule has 9 nitrogen and oxygen atoms in total. The van der Waals surface area contributed by atoms with Gasteiger partial charge in [0.05, 0.1) is 12.8 Å². The Hall–Kier alpha value is -2.58. The van der Waals surface area contributed by atoms with Crippen LogP contribution in [0.5, 0.6) is 0 Å². The third-order valence-corrected chi connectivity index (χ3v) is 2.82. The van der Waals surface area contributed by atoms with Crippen LogP contribution >= 0.6 is 0 Å². The highest BCUT2D eigenvalue weighted by atomic mass is 16.4. The molecule has 2 rings (SSSR count). The van der Waals surface area contributed by atoms with Crippen molar-refractivity contribution in [3.05, 3.63) is 24.0 Å². The minimum Gasteiger partial charge on any atom is -0.481 e. The summed E-state index contributed by atoms with van der Waals surface area (Å²) >= 11 is 0. The second-order valence-corrected chi connectivity index (χ2v) is 4.43. The summed E-state index contributed by atoms with van der Waals surface area (Å²) in [4.78, 5) is 29.5. The number of rotatable bonds is 7. The molecule has 9 heteroatoms. The topological polar surface area (TPSA) is 127 Å². The molecule has 0 bridgehead atoms. The number of carboxylic acids is 1. The third-order valence-electron chi connectivity index (χ3n) is 2.82. The Kier molecular flexibility index (Phi) is 4.18. The molecule has 1 unspecified atom stereocenters. The number of nitrogens with one attached hydrogen (secondary N) is 1. The van der Waals surface area contributed by atoms with Crippen LogP contribution in [0.25, 0.3) is 0 Å². The first-order valence-corrected chi connectivity index (χ1v) is 6.04. The summed E-state index contributed by atoms with van der Waals surface area (Å²) in [6, 6.07) is 0. The van der Waals surface area contributed by atoms with E-state index in [2.05, 4.69) is 25.5 Å². The van der Waals surface area contributed by atoms with Crippen LogP contribution < -0.4 is 0 Å². The fraction of sp³-hybridized carbons (Fsp3) is 0.455. The van der Waals surface area contributed by atoms with Crippen LogP contribution in [0.1, 0.15) is 25.0 Å². The minimum absolute atomic E-state index is 0.0442. The maximum atomic E-state index is 11.9. The van der Waals surface area contributed by atoms with Crippen molar-refractivity contribution in [1.29, 1.82) is 0 Å². The van der Waals surface area contributed by atoms with Gasteiger partial charge in [-0.2, -0.15) is 0 Å². The molecule has 20 heavy (non-hydrogen) atoms. The standard InChI is InChI=1S/C11H14N6O3/c1-7(4-11(19)20)8(18)6-17-10(14-15-16-17)5-9-12-2-3-13-9/h2-3,7H,4-6H2,1H3,(H,12,13)(H,19,20). The maximum Gasteiger partial charge on any atom is 0.304 e. The summed E-state index contributed by atoms with van der Waals surface area (Å²) in [5.41, 5.74) is 0. The summed E-state index contributed by atoms with van der Waals surface area (Å²) in [6.45, 7) is 1.53. The van der Waals surface area contributed by atoms with E-state index >= 15 is 0 Å². The lowest BCUT2D eigenvalue weighted by Gasteiger charge is -2.08. The van der Waals surface area contributed by atoms with Crippen molar-refractivity contribution in [2.75, 3.05) is 0 Å². The second-order valence-electron chi connectivity index (χ2n) is 4.43. The average molecular weight is 278 g/mol. The molecule has 0 aliphatic rings. The Morgan fingerprint density at radius 2 is 2.30 bits per heavy atom. The molecule has 106 valence electrons. The van der Waals surface area contributed by atoms with E-state index in [4.69, 9.17) is 5.11 Å². The van der Waals surface area contributed by atoms with Crippen LogP contribution in [0, 0.1) is 5.92 Å². The Labute approximate surface area is 114 Å². The van der Waals surface area contributed by atoms with Gasteiger partial charge in [-0.3, -0.25) is 9.59 Å². The quantitative estimate of drug-likeness (QED) is 0.709. The fourth-order valence-electron chi connectivity index (χ4n) is 1.70. The highest BCUT2D eigenvalue weighted by Crippen LogP contribution is 2.07. The number of Topliss-reactive ketones (excluding diaryl/α,β-unsaturated/α-hetero) is 1. The Bertz CT molecular complexity index is 591. The summed E-state index contributed by atoms with van der Waals surface area (Å²) in [6.07, 6.45) is 3.47. The Morgan fingerprint density at radius 1 is 1.50 bits per heavy atom. The molecule has 2 aromatic rings. The van der Waals surface area contributed by atoms with Gasteiger partial charge in [-0.25, -0.2) is 9.67 Å². The van der Waals surface area contributed by atoms with Crippen LogP contribution in [0.4, 0.5) is 0 Å². The molecule has 0 aliphatic heterocycles. The summed E-state index contributed by atoms with van der Waals surface area (Å²) in [5, 5.41) is 19.8. The number of hydrogen-bond acceptors (Lipinski definition) is 6. The number of tetrazole rings is 1. The molecule has 0 fully saturated rings. The molecule has 0 aliphatic carbocycles. The zero-order chi connectivity index (χ0) is 14.5.